The van der Waals surface area contributed by atoms with Gasteiger partial charge in [0.2, 0.25) is 0 Å². The van der Waals surface area contributed by atoms with Gasteiger partial charge in [-0.25, -0.2) is 0 Å². The second-order valence-corrected chi connectivity index (χ2v) is 6.30. The van der Waals surface area contributed by atoms with Gasteiger partial charge >= 0.3 is 0 Å². The highest BCUT2D eigenvalue weighted by Gasteiger charge is 2.19. The van der Waals surface area contributed by atoms with E-state index in [1.54, 1.807) is 12.3 Å². The molecule has 1 N–H and O–H groups in total. The third kappa shape index (κ3) is 3.82. The van der Waals surface area contributed by atoms with Crippen LogP contribution in [0.15, 0.2) is 36.5 Å². The number of halogens is 1. The lowest BCUT2D eigenvalue weighted by Gasteiger charge is -2.26. The van der Waals surface area contributed by atoms with Crippen molar-refractivity contribution in [3.63, 3.8) is 0 Å². The van der Waals surface area contributed by atoms with Crippen molar-refractivity contribution in [1.82, 2.24) is 9.88 Å². The number of likely N-dealkylation sites (tertiary alicyclic amines) is 1. The van der Waals surface area contributed by atoms with Crippen LogP contribution in [0.1, 0.15) is 35.3 Å². The van der Waals surface area contributed by atoms with Crippen molar-refractivity contribution < 1.29 is 4.79 Å². The number of piperidine rings is 1. The number of hydrogen-bond donors (Lipinski definition) is 1. The second kappa shape index (κ2) is 7.01. The van der Waals surface area contributed by atoms with Gasteiger partial charge in [-0.1, -0.05) is 17.7 Å². The molecule has 2 heterocycles. The molecule has 2 aromatic rings. The zero-order valence-corrected chi connectivity index (χ0v) is 13.9. The van der Waals surface area contributed by atoms with Crippen molar-refractivity contribution in [3.05, 3.63) is 52.8 Å². The van der Waals surface area contributed by atoms with Crippen LogP contribution in [0.2, 0.25) is 5.02 Å². The highest BCUT2D eigenvalue weighted by Crippen LogP contribution is 2.24. The van der Waals surface area contributed by atoms with Crippen LogP contribution in [-0.4, -0.2) is 28.9 Å². The first-order valence-electron chi connectivity index (χ1n) is 7.92. The van der Waals surface area contributed by atoms with Gasteiger partial charge in [-0.05, 0) is 56.0 Å². The summed E-state index contributed by atoms with van der Waals surface area (Å²) in [7, 11) is 0. The zero-order chi connectivity index (χ0) is 16.2. The fourth-order valence-corrected chi connectivity index (χ4v) is 2.94. The first kappa shape index (κ1) is 15.8. The average molecular weight is 330 g/mol. The van der Waals surface area contributed by atoms with Crippen LogP contribution in [0, 0.1) is 6.92 Å². The van der Waals surface area contributed by atoms with Crippen LogP contribution >= 0.6 is 11.6 Å². The molecule has 1 fully saturated rings. The van der Waals surface area contributed by atoms with Crippen LogP contribution in [0.3, 0.4) is 0 Å². The van der Waals surface area contributed by atoms with Gasteiger partial charge in [0.05, 0.1) is 0 Å². The molecule has 120 valence electrons. The molecule has 3 rings (SSSR count). The summed E-state index contributed by atoms with van der Waals surface area (Å²) in [4.78, 5) is 18.7. The summed E-state index contributed by atoms with van der Waals surface area (Å²) in [5.74, 6) is 0.0103. The average Bonchev–Trinajstić information content (AvgIpc) is 2.58. The van der Waals surface area contributed by atoms with Crippen LogP contribution < -0.4 is 5.32 Å². The van der Waals surface area contributed by atoms with E-state index in [4.69, 9.17) is 11.6 Å². The molecule has 1 saturated heterocycles. The minimum absolute atomic E-state index is 0.0103. The Kier molecular flexibility index (Phi) is 4.82. The fraction of sp³-hybridized carbons (Fsp3) is 0.333. The minimum Gasteiger partial charge on any atom is -0.355 e. The molecule has 0 saturated carbocycles. The summed E-state index contributed by atoms with van der Waals surface area (Å²) in [5.41, 5.74) is 3.34. The Morgan fingerprint density at radius 3 is 2.74 bits per heavy atom. The van der Waals surface area contributed by atoms with Gasteiger partial charge in [-0.2, -0.15) is 0 Å². The van der Waals surface area contributed by atoms with Gasteiger partial charge in [0.15, 0.2) is 0 Å². The van der Waals surface area contributed by atoms with Crippen molar-refractivity contribution in [2.45, 2.75) is 26.2 Å². The lowest BCUT2D eigenvalue weighted by molar-refractivity contribution is 0.0718. The Hall–Kier alpha value is -2.07. The highest BCUT2D eigenvalue weighted by atomic mass is 35.5. The van der Waals surface area contributed by atoms with Crippen molar-refractivity contribution in [2.24, 2.45) is 0 Å². The lowest BCUT2D eigenvalue weighted by atomic mass is 10.1. The number of anilines is 2. The number of aromatic nitrogens is 1. The number of nitrogens with zero attached hydrogens (tertiary/aromatic N) is 2. The van der Waals surface area contributed by atoms with Crippen LogP contribution in [0.5, 0.6) is 0 Å². The monoisotopic (exact) mass is 329 g/mol. The van der Waals surface area contributed by atoms with Crippen LogP contribution in [0.4, 0.5) is 11.4 Å². The predicted octanol–water partition coefficient (Wildman–Crippen LogP) is 4.41. The third-order valence-corrected chi connectivity index (χ3v) is 4.34. The molecule has 0 atom stereocenters. The van der Waals surface area contributed by atoms with Gasteiger partial charge in [0, 0.05) is 35.7 Å². The molecule has 0 unspecified atom stereocenters. The van der Waals surface area contributed by atoms with E-state index in [2.05, 4.69) is 10.3 Å². The quantitative estimate of drug-likeness (QED) is 0.907. The number of amides is 1. The number of carbonyl (C=O) groups is 1. The summed E-state index contributed by atoms with van der Waals surface area (Å²) in [6, 6.07) is 9.36. The molecule has 1 aliphatic heterocycles. The molecule has 0 bridgehead atoms. The summed E-state index contributed by atoms with van der Waals surface area (Å²) >= 11 is 6.05. The number of nitrogens with one attached hydrogen (secondary N) is 1. The van der Waals surface area contributed by atoms with E-state index in [0.29, 0.717) is 10.7 Å². The molecule has 1 aliphatic rings. The van der Waals surface area contributed by atoms with E-state index >= 15 is 0 Å². The van der Waals surface area contributed by atoms with Gasteiger partial charge in [-0.15, -0.1) is 0 Å². The molecule has 1 aromatic carbocycles. The van der Waals surface area contributed by atoms with Gasteiger partial charge in [-0.3, -0.25) is 9.78 Å². The van der Waals surface area contributed by atoms with E-state index in [0.717, 1.165) is 42.9 Å². The van der Waals surface area contributed by atoms with Crippen molar-refractivity contribution in [3.8, 4) is 0 Å². The van der Waals surface area contributed by atoms with Crippen molar-refractivity contribution >= 4 is 28.9 Å². The largest absolute Gasteiger partial charge is 0.355 e. The zero-order valence-electron chi connectivity index (χ0n) is 13.2. The Bertz CT molecular complexity index is 711. The number of rotatable bonds is 3. The predicted molar refractivity (Wildman–Crippen MR) is 93.5 cm³/mol. The number of carbonyl (C=O) groups excluding carboxylic acids is 1. The number of pyridine rings is 1. The van der Waals surface area contributed by atoms with Crippen molar-refractivity contribution in [2.75, 3.05) is 18.4 Å². The van der Waals surface area contributed by atoms with E-state index in [1.807, 2.05) is 36.1 Å². The summed E-state index contributed by atoms with van der Waals surface area (Å²) in [5, 5.41) is 3.99. The summed E-state index contributed by atoms with van der Waals surface area (Å²) in [6.07, 6.45) is 5.02. The van der Waals surface area contributed by atoms with Crippen LogP contribution in [0.25, 0.3) is 0 Å². The highest BCUT2D eigenvalue weighted by molar-refractivity contribution is 6.30. The van der Waals surface area contributed by atoms with E-state index < -0.39 is 0 Å². The maximum atomic E-state index is 12.5. The molecule has 0 aliphatic carbocycles. The van der Waals surface area contributed by atoms with Crippen molar-refractivity contribution in [1.29, 1.82) is 0 Å². The van der Waals surface area contributed by atoms with Crippen LogP contribution in [-0.2, 0) is 0 Å². The normalized spacial score (nSPS) is 14.6. The molecule has 0 radical (unpaired) electrons. The SMILES string of the molecule is Cc1ccc(Cl)cc1Nc1ccnc(C(=O)N2CCCCC2)c1. The molecule has 1 amide bonds. The Labute approximate surface area is 141 Å². The molecule has 1 aromatic heterocycles. The second-order valence-electron chi connectivity index (χ2n) is 5.87. The Morgan fingerprint density at radius 2 is 1.96 bits per heavy atom. The van der Waals surface area contributed by atoms with E-state index in [9.17, 15) is 4.79 Å². The number of hydrogen-bond acceptors (Lipinski definition) is 3. The Morgan fingerprint density at radius 1 is 1.17 bits per heavy atom. The summed E-state index contributed by atoms with van der Waals surface area (Å²) in [6.45, 7) is 3.66. The molecular weight excluding hydrogens is 310 g/mol. The summed E-state index contributed by atoms with van der Waals surface area (Å²) < 4.78 is 0. The van der Waals surface area contributed by atoms with Gasteiger partial charge in [0.25, 0.3) is 5.91 Å². The third-order valence-electron chi connectivity index (χ3n) is 4.10. The topological polar surface area (TPSA) is 45.2 Å². The molecule has 0 spiro atoms. The maximum absolute atomic E-state index is 12.5. The van der Waals surface area contributed by atoms with E-state index in [1.165, 1.54) is 6.42 Å². The van der Waals surface area contributed by atoms with Gasteiger partial charge < -0.3 is 10.2 Å². The molecule has 5 heteroatoms. The Balaban J connectivity index is 1.79. The fourth-order valence-electron chi connectivity index (χ4n) is 2.77. The van der Waals surface area contributed by atoms with E-state index in [-0.39, 0.29) is 5.91 Å². The standard InChI is InChI=1S/C18H20ClN3O/c1-13-5-6-14(19)11-16(13)21-15-7-8-20-17(12-15)18(23)22-9-3-2-4-10-22/h5-8,11-12H,2-4,9-10H2,1H3,(H,20,21). The smallest absolute Gasteiger partial charge is 0.272 e. The number of benzene rings is 1. The number of aryl methyl sites for hydroxylation is 1. The lowest BCUT2D eigenvalue weighted by Crippen LogP contribution is -2.36. The first-order chi connectivity index (χ1) is 11.1. The minimum atomic E-state index is 0.0103. The molecule has 4 nitrogen and oxygen atoms in total. The molecular formula is C18H20ClN3O. The van der Waals surface area contributed by atoms with Gasteiger partial charge in [0.1, 0.15) is 5.69 Å². The molecule has 23 heavy (non-hydrogen) atoms. The first-order valence-corrected chi connectivity index (χ1v) is 8.30. The maximum Gasteiger partial charge on any atom is 0.272 e.